The maximum atomic E-state index is 12.3. The van der Waals surface area contributed by atoms with E-state index in [1.54, 1.807) is 6.07 Å². The number of esters is 1. The van der Waals surface area contributed by atoms with Crippen LogP contribution in [0.25, 0.3) is 11.4 Å². The number of Topliss-reactive ketones (excluding diaryl/α,β-unsaturated/α-hetero) is 1. The van der Waals surface area contributed by atoms with Crippen molar-refractivity contribution in [3.05, 3.63) is 64.7 Å². The molecule has 0 atom stereocenters. The van der Waals surface area contributed by atoms with Crippen molar-refractivity contribution in [1.82, 2.24) is 20.2 Å². The average molecular weight is 376 g/mol. The number of tetrazole rings is 1. The molecule has 1 aliphatic rings. The molecule has 0 fully saturated rings. The largest absolute Gasteiger partial charge is 0.456 e. The van der Waals surface area contributed by atoms with Gasteiger partial charge in [0.1, 0.15) is 0 Å². The first-order valence-electron chi connectivity index (χ1n) is 9.24. The number of aromatic nitrogens is 4. The third-order valence-corrected chi connectivity index (χ3v) is 4.82. The lowest BCUT2D eigenvalue weighted by Crippen LogP contribution is -2.20. The normalized spacial score (nSPS) is 12.6. The molecule has 0 amide bonds. The number of fused-ring (bicyclic) bond motifs is 1. The van der Waals surface area contributed by atoms with Crippen LogP contribution in [0.5, 0.6) is 0 Å². The summed E-state index contributed by atoms with van der Waals surface area (Å²) in [6.07, 6.45) is 3.18. The second-order valence-corrected chi connectivity index (χ2v) is 6.93. The highest BCUT2D eigenvalue weighted by Crippen LogP contribution is 2.23. The van der Waals surface area contributed by atoms with Crippen molar-refractivity contribution in [1.29, 1.82) is 0 Å². The third kappa shape index (κ3) is 3.98. The minimum absolute atomic E-state index is 0.198. The van der Waals surface area contributed by atoms with Crippen molar-refractivity contribution in [3.8, 4) is 11.4 Å². The summed E-state index contributed by atoms with van der Waals surface area (Å²) in [6, 6.07) is 13.4. The zero-order valence-electron chi connectivity index (χ0n) is 15.6. The van der Waals surface area contributed by atoms with Crippen molar-refractivity contribution in [2.45, 2.75) is 32.7 Å². The highest BCUT2D eigenvalue weighted by molar-refractivity contribution is 5.98. The van der Waals surface area contributed by atoms with Crippen LogP contribution < -0.4 is 0 Å². The molecule has 1 aliphatic carbocycles. The Morgan fingerprint density at radius 2 is 1.86 bits per heavy atom. The zero-order valence-corrected chi connectivity index (χ0v) is 15.6. The Kier molecular flexibility index (Phi) is 4.97. The molecule has 0 N–H and O–H groups in total. The first-order valence-corrected chi connectivity index (χ1v) is 9.24. The molecule has 7 heteroatoms. The number of hydrogen-bond acceptors (Lipinski definition) is 6. The van der Waals surface area contributed by atoms with Gasteiger partial charge in [-0.05, 0) is 48.6 Å². The summed E-state index contributed by atoms with van der Waals surface area (Å²) < 4.78 is 5.10. The molecule has 0 unspecified atom stereocenters. The van der Waals surface area contributed by atoms with Crippen LogP contribution in [-0.2, 0) is 28.9 Å². The maximum absolute atomic E-state index is 12.3. The molecule has 1 aromatic heterocycles. The smallest absolute Gasteiger partial charge is 0.330 e. The number of hydrogen-bond donors (Lipinski definition) is 0. The SMILES string of the molecule is Cc1ccc(-c2nnn(CC(=O)OCC(=O)c3ccc4c(c3)CCC4)n2)cc1. The molecule has 28 heavy (non-hydrogen) atoms. The number of benzene rings is 2. The third-order valence-electron chi connectivity index (χ3n) is 4.82. The van der Waals surface area contributed by atoms with Gasteiger partial charge in [0.15, 0.2) is 18.9 Å². The molecule has 3 aromatic rings. The zero-order chi connectivity index (χ0) is 19.5. The Bertz CT molecular complexity index is 1020. The molecule has 142 valence electrons. The van der Waals surface area contributed by atoms with Gasteiger partial charge in [0, 0.05) is 11.1 Å². The van der Waals surface area contributed by atoms with E-state index in [1.165, 1.54) is 11.1 Å². The number of carbonyl (C=O) groups is 2. The van der Waals surface area contributed by atoms with Gasteiger partial charge in [-0.1, -0.05) is 42.0 Å². The fraction of sp³-hybridized carbons (Fsp3) is 0.286. The summed E-state index contributed by atoms with van der Waals surface area (Å²) in [7, 11) is 0. The Hall–Kier alpha value is -3.35. The van der Waals surface area contributed by atoms with Crippen LogP contribution in [0.15, 0.2) is 42.5 Å². The fourth-order valence-corrected chi connectivity index (χ4v) is 3.26. The van der Waals surface area contributed by atoms with Gasteiger partial charge in [-0.15, -0.1) is 10.2 Å². The van der Waals surface area contributed by atoms with Gasteiger partial charge in [0.05, 0.1) is 0 Å². The van der Waals surface area contributed by atoms with E-state index in [0.717, 1.165) is 35.2 Å². The molecule has 7 nitrogen and oxygen atoms in total. The van der Waals surface area contributed by atoms with Gasteiger partial charge in [0.25, 0.3) is 0 Å². The molecular weight excluding hydrogens is 356 g/mol. The molecule has 0 bridgehead atoms. The van der Waals surface area contributed by atoms with E-state index in [0.29, 0.717) is 11.4 Å². The van der Waals surface area contributed by atoms with Gasteiger partial charge >= 0.3 is 5.97 Å². The number of nitrogens with zero attached hydrogens (tertiary/aromatic N) is 4. The van der Waals surface area contributed by atoms with E-state index < -0.39 is 5.97 Å². The molecular formula is C21H20N4O3. The summed E-state index contributed by atoms with van der Waals surface area (Å²) >= 11 is 0. The lowest BCUT2D eigenvalue weighted by atomic mass is 10.0. The Morgan fingerprint density at radius 3 is 2.68 bits per heavy atom. The summed E-state index contributed by atoms with van der Waals surface area (Å²) in [5.74, 6) is -0.362. The minimum Gasteiger partial charge on any atom is -0.456 e. The lowest BCUT2D eigenvalue weighted by molar-refractivity contribution is -0.143. The van der Waals surface area contributed by atoms with Crippen LogP contribution in [-0.4, -0.2) is 38.6 Å². The van der Waals surface area contributed by atoms with E-state index >= 15 is 0 Å². The van der Waals surface area contributed by atoms with Gasteiger partial charge in [0.2, 0.25) is 5.82 Å². The Balaban J connectivity index is 1.32. The van der Waals surface area contributed by atoms with Crippen molar-refractivity contribution < 1.29 is 14.3 Å². The molecule has 0 spiro atoms. The standard InChI is InChI=1S/C21H20N4O3/c1-14-5-7-16(8-6-14)21-22-24-25(23-21)12-20(27)28-13-19(26)18-10-9-15-3-2-4-17(15)11-18/h5-11H,2-4,12-13H2,1H3. The Morgan fingerprint density at radius 1 is 1.07 bits per heavy atom. The van der Waals surface area contributed by atoms with E-state index in [9.17, 15) is 9.59 Å². The topological polar surface area (TPSA) is 87.0 Å². The van der Waals surface area contributed by atoms with Crippen LogP contribution in [0.2, 0.25) is 0 Å². The van der Waals surface area contributed by atoms with Crippen LogP contribution in [0.1, 0.15) is 33.5 Å². The minimum atomic E-state index is -0.581. The summed E-state index contributed by atoms with van der Waals surface area (Å²) in [4.78, 5) is 25.5. The molecule has 0 saturated heterocycles. The van der Waals surface area contributed by atoms with E-state index in [4.69, 9.17) is 4.74 Å². The van der Waals surface area contributed by atoms with Gasteiger partial charge < -0.3 is 4.74 Å². The lowest BCUT2D eigenvalue weighted by Gasteiger charge is -2.06. The van der Waals surface area contributed by atoms with E-state index in [2.05, 4.69) is 15.4 Å². The van der Waals surface area contributed by atoms with E-state index in [-0.39, 0.29) is 18.9 Å². The molecule has 1 heterocycles. The van der Waals surface area contributed by atoms with Crippen molar-refractivity contribution in [3.63, 3.8) is 0 Å². The highest BCUT2D eigenvalue weighted by atomic mass is 16.5. The summed E-state index contributed by atoms with van der Waals surface area (Å²) in [5.41, 5.74) is 5.04. The van der Waals surface area contributed by atoms with Gasteiger partial charge in [-0.25, -0.2) is 4.79 Å². The molecule has 4 rings (SSSR count). The van der Waals surface area contributed by atoms with Gasteiger partial charge in [-0.3, -0.25) is 4.79 Å². The average Bonchev–Trinajstić information content (AvgIpc) is 3.35. The number of carbonyl (C=O) groups excluding carboxylic acids is 2. The predicted molar refractivity (Wildman–Crippen MR) is 102 cm³/mol. The van der Waals surface area contributed by atoms with Crippen LogP contribution in [0.3, 0.4) is 0 Å². The van der Waals surface area contributed by atoms with E-state index in [1.807, 2.05) is 43.3 Å². The van der Waals surface area contributed by atoms with Crippen LogP contribution in [0.4, 0.5) is 0 Å². The number of rotatable bonds is 6. The predicted octanol–water partition coefficient (Wildman–Crippen LogP) is 2.56. The molecule has 0 radical (unpaired) electrons. The second kappa shape index (κ2) is 7.72. The first-order chi connectivity index (χ1) is 13.6. The van der Waals surface area contributed by atoms with Crippen molar-refractivity contribution in [2.24, 2.45) is 0 Å². The monoisotopic (exact) mass is 376 g/mol. The molecule has 0 saturated carbocycles. The summed E-state index contributed by atoms with van der Waals surface area (Å²) in [6.45, 7) is 1.50. The number of ether oxygens (including phenoxy) is 1. The Labute approximate surface area is 162 Å². The van der Waals surface area contributed by atoms with Crippen molar-refractivity contribution >= 4 is 11.8 Å². The second-order valence-electron chi connectivity index (χ2n) is 6.93. The molecule has 0 aliphatic heterocycles. The highest BCUT2D eigenvalue weighted by Gasteiger charge is 2.16. The maximum Gasteiger partial charge on any atom is 0.330 e. The van der Waals surface area contributed by atoms with Crippen LogP contribution in [0, 0.1) is 6.92 Å². The van der Waals surface area contributed by atoms with Crippen LogP contribution >= 0.6 is 0 Å². The number of aryl methyl sites for hydroxylation is 3. The quantitative estimate of drug-likeness (QED) is 0.485. The molecule has 2 aromatic carbocycles. The van der Waals surface area contributed by atoms with Crippen molar-refractivity contribution in [2.75, 3.05) is 6.61 Å². The van der Waals surface area contributed by atoms with Gasteiger partial charge in [-0.2, -0.15) is 4.80 Å². The fourth-order valence-electron chi connectivity index (χ4n) is 3.26. The summed E-state index contributed by atoms with van der Waals surface area (Å²) in [5, 5.41) is 12.0. The number of ketones is 1. The first kappa shape index (κ1) is 18.0.